The first-order valence-electron chi connectivity index (χ1n) is 10.5. The van der Waals surface area contributed by atoms with Gasteiger partial charge in [0.25, 0.3) is 5.91 Å². The molecule has 2 aliphatic rings. The van der Waals surface area contributed by atoms with Crippen LogP contribution in [0.4, 0.5) is 0 Å². The SMILES string of the molecule is CC1=C(C#N)C(c2ccc3[nH]nc(C(=O)NCCN4CCCC4)c3c2)C(C#N)=C(C)N1. The molecule has 0 saturated carbocycles. The highest BCUT2D eigenvalue weighted by Crippen LogP contribution is 2.38. The van der Waals surface area contributed by atoms with E-state index in [1.807, 2.05) is 32.0 Å². The van der Waals surface area contributed by atoms with E-state index in [2.05, 4.69) is 37.9 Å². The van der Waals surface area contributed by atoms with Gasteiger partial charge in [-0.15, -0.1) is 0 Å². The minimum atomic E-state index is -0.471. The van der Waals surface area contributed by atoms with Gasteiger partial charge in [-0.25, -0.2) is 0 Å². The van der Waals surface area contributed by atoms with Crippen LogP contribution in [0.15, 0.2) is 40.7 Å². The molecule has 0 bridgehead atoms. The lowest BCUT2D eigenvalue weighted by Gasteiger charge is -2.26. The second kappa shape index (κ2) is 8.63. The molecule has 0 unspecified atom stereocenters. The summed E-state index contributed by atoms with van der Waals surface area (Å²) < 4.78 is 0. The second-order valence-corrected chi connectivity index (χ2v) is 8.04. The van der Waals surface area contributed by atoms with E-state index >= 15 is 0 Å². The lowest BCUT2D eigenvalue weighted by Crippen LogP contribution is -2.33. The molecule has 1 saturated heterocycles. The number of benzene rings is 1. The van der Waals surface area contributed by atoms with Crippen LogP contribution in [0.3, 0.4) is 0 Å². The second-order valence-electron chi connectivity index (χ2n) is 8.04. The van der Waals surface area contributed by atoms with Gasteiger partial charge in [0, 0.05) is 29.9 Å². The Hall–Kier alpha value is -3.62. The monoisotopic (exact) mass is 415 g/mol. The Bertz CT molecular complexity index is 1130. The standard InChI is InChI=1S/C23H25N7O/c1-14-18(12-24)21(19(13-25)15(2)27-14)16-5-6-20-17(11-16)22(29-28-20)23(31)26-7-10-30-8-3-4-9-30/h5-6,11,21,27H,3-4,7-10H2,1-2H3,(H,26,31)(H,28,29). The number of nitrogens with zero attached hydrogens (tertiary/aromatic N) is 4. The third-order valence-electron chi connectivity index (χ3n) is 6.05. The molecule has 2 aliphatic heterocycles. The van der Waals surface area contributed by atoms with Gasteiger partial charge in [0.05, 0.1) is 34.7 Å². The van der Waals surface area contributed by atoms with E-state index in [1.54, 1.807) is 0 Å². The number of aromatic nitrogens is 2. The lowest BCUT2D eigenvalue weighted by atomic mass is 9.81. The Morgan fingerprint density at radius 3 is 2.52 bits per heavy atom. The minimum absolute atomic E-state index is 0.229. The lowest BCUT2D eigenvalue weighted by molar-refractivity contribution is 0.0946. The Kier molecular flexibility index (Phi) is 5.75. The number of dihydropyridines is 1. The quantitative estimate of drug-likeness (QED) is 0.690. The van der Waals surface area contributed by atoms with Gasteiger partial charge in [0.1, 0.15) is 0 Å². The number of nitriles is 2. The highest BCUT2D eigenvalue weighted by molar-refractivity contribution is 6.04. The number of carbonyl (C=O) groups is 1. The van der Waals surface area contributed by atoms with E-state index in [0.29, 0.717) is 28.8 Å². The van der Waals surface area contributed by atoms with Crippen molar-refractivity contribution >= 4 is 16.8 Å². The predicted molar refractivity (Wildman–Crippen MR) is 117 cm³/mol. The highest BCUT2D eigenvalue weighted by Gasteiger charge is 2.30. The van der Waals surface area contributed by atoms with Gasteiger partial charge >= 0.3 is 0 Å². The molecule has 1 aromatic carbocycles. The van der Waals surface area contributed by atoms with Crippen molar-refractivity contribution in [3.05, 3.63) is 52.0 Å². The molecule has 1 amide bonds. The topological polar surface area (TPSA) is 121 Å². The molecule has 3 N–H and O–H groups in total. The summed E-state index contributed by atoms with van der Waals surface area (Å²) in [4.78, 5) is 15.1. The van der Waals surface area contributed by atoms with Crippen LogP contribution in [-0.2, 0) is 0 Å². The van der Waals surface area contributed by atoms with Crippen LogP contribution in [0, 0.1) is 22.7 Å². The summed E-state index contributed by atoms with van der Waals surface area (Å²) in [5.41, 5.74) is 4.32. The fourth-order valence-electron chi connectivity index (χ4n) is 4.43. The normalized spacial score (nSPS) is 17.5. The van der Waals surface area contributed by atoms with Crippen molar-refractivity contribution in [2.75, 3.05) is 26.2 Å². The number of aromatic amines is 1. The average molecular weight is 416 g/mol. The molecule has 0 aliphatic carbocycles. The maximum Gasteiger partial charge on any atom is 0.272 e. The van der Waals surface area contributed by atoms with Gasteiger partial charge in [-0.2, -0.15) is 15.6 Å². The molecule has 1 fully saturated rings. The van der Waals surface area contributed by atoms with Crippen molar-refractivity contribution in [3.8, 4) is 12.1 Å². The Morgan fingerprint density at radius 2 is 1.87 bits per heavy atom. The zero-order valence-corrected chi connectivity index (χ0v) is 17.7. The number of allylic oxidation sites excluding steroid dienone is 4. The summed E-state index contributed by atoms with van der Waals surface area (Å²) in [6.45, 7) is 7.24. The average Bonchev–Trinajstić information content (AvgIpc) is 3.42. The van der Waals surface area contributed by atoms with Crippen molar-refractivity contribution < 1.29 is 4.79 Å². The number of hydrogen-bond donors (Lipinski definition) is 3. The molecule has 8 nitrogen and oxygen atoms in total. The number of H-pyrrole nitrogens is 1. The molecule has 0 spiro atoms. The van der Waals surface area contributed by atoms with Crippen LogP contribution in [0.5, 0.6) is 0 Å². The van der Waals surface area contributed by atoms with Gasteiger partial charge in [0.2, 0.25) is 0 Å². The molecule has 158 valence electrons. The molecule has 3 heterocycles. The molecule has 2 aromatic rings. The largest absolute Gasteiger partial charge is 0.361 e. The smallest absolute Gasteiger partial charge is 0.272 e. The number of nitrogens with one attached hydrogen (secondary N) is 3. The van der Waals surface area contributed by atoms with E-state index in [1.165, 1.54) is 12.8 Å². The van der Waals surface area contributed by atoms with Crippen molar-refractivity contribution in [1.82, 2.24) is 25.7 Å². The third-order valence-corrected chi connectivity index (χ3v) is 6.05. The van der Waals surface area contributed by atoms with Crippen molar-refractivity contribution in [1.29, 1.82) is 10.5 Å². The zero-order valence-electron chi connectivity index (χ0n) is 17.7. The Balaban J connectivity index is 1.63. The van der Waals surface area contributed by atoms with Crippen LogP contribution in [0.25, 0.3) is 10.9 Å². The maximum absolute atomic E-state index is 12.8. The number of likely N-dealkylation sites (tertiary alicyclic amines) is 1. The summed E-state index contributed by atoms with van der Waals surface area (Å²) >= 11 is 0. The summed E-state index contributed by atoms with van der Waals surface area (Å²) in [7, 11) is 0. The van der Waals surface area contributed by atoms with E-state index in [4.69, 9.17) is 0 Å². The van der Waals surface area contributed by atoms with Crippen LogP contribution < -0.4 is 10.6 Å². The van der Waals surface area contributed by atoms with E-state index < -0.39 is 5.92 Å². The maximum atomic E-state index is 12.8. The van der Waals surface area contributed by atoms with Gasteiger partial charge in [-0.05, 0) is 57.5 Å². The molecule has 8 heteroatoms. The number of fused-ring (bicyclic) bond motifs is 1. The summed E-state index contributed by atoms with van der Waals surface area (Å²) in [5.74, 6) is -0.700. The number of carbonyl (C=O) groups excluding carboxylic acids is 1. The molecule has 0 radical (unpaired) electrons. The molecular weight excluding hydrogens is 390 g/mol. The van der Waals surface area contributed by atoms with Crippen LogP contribution in [0.1, 0.15) is 48.7 Å². The summed E-state index contributed by atoms with van der Waals surface area (Å²) in [6.07, 6.45) is 2.43. The molecular formula is C23H25N7O. The first-order chi connectivity index (χ1) is 15.0. The fourth-order valence-corrected chi connectivity index (χ4v) is 4.43. The highest BCUT2D eigenvalue weighted by atomic mass is 16.1. The fraction of sp³-hybridized carbons (Fsp3) is 0.391. The van der Waals surface area contributed by atoms with Crippen LogP contribution >= 0.6 is 0 Å². The number of hydrogen-bond acceptors (Lipinski definition) is 6. The molecule has 31 heavy (non-hydrogen) atoms. The van der Waals surface area contributed by atoms with Crippen molar-refractivity contribution in [3.63, 3.8) is 0 Å². The summed E-state index contributed by atoms with van der Waals surface area (Å²) in [6, 6.07) is 10.1. The third kappa shape index (κ3) is 3.90. The van der Waals surface area contributed by atoms with Gasteiger partial charge in [-0.3, -0.25) is 9.89 Å². The van der Waals surface area contributed by atoms with E-state index in [9.17, 15) is 15.3 Å². The molecule has 4 rings (SSSR count). The van der Waals surface area contributed by atoms with Crippen LogP contribution in [-0.4, -0.2) is 47.2 Å². The first-order valence-corrected chi connectivity index (χ1v) is 10.5. The molecule has 0 atom stereocenters. The number of rotatable bonds is 5. The Morgan fingerprint density at radius 1 is 1.19 bits per heavy atom. The van der Waals surface area contributed by atoms with Gasteiger partial charge in [-0.1, -0.05) is 6.07 Å². The van der Waals surface area contributed by atoms with Crippen molar-refractivity contribution in [2.24, 2.45) is 0 Å². The van der Waals surface area contributed by atoms with E-state index in [0.717, 1.165) is 42.1 Å². The molecule has 1 aromatic heterocycles. The predicted octanol–water partition coefficient (Wildman–Crippen LogP) is 2.67. The zero-order chi connectivity index (χ0) is 22.0. The number of amides is 1. The van der Waals surface area contributed by atoms with E-state index in [-0.39, 0.29) is 5.91 Å². The minimum Gasteiger partial charge on any atom is -0.361 e. The van der Waals surface area contributed by atoms with Crippen molar-refractivity contribution in [2.45, 2.75) is 32.6 Å². The Labute approximate surface area is 181 Å². The van der Waals surface area contributed by atoms with Crippen LogP contribution in [0.2, 0.25) is 0 Å². The van der Waals surface area contributed by atoms with Gasteiger partial charge < -0.3 is 15.5 Å². The summed E-state index contributed by atoms with van der Waals surface area (Å²) in [5, 5.41) is 33.4. The van der Waals surface area contributed by atoms with Gasteiger partial charge in [0.15, 0.2) is 5.69 Å². The first kappa shape index (κ1) is 20.6.